The Balaban J connectivity index is 2.92. The molecule has 1 rings (SSSR count). The minimum atomic E-state index is -1.02. The summed E-state index contributed by atoms with van der Waals surface area (Å²) in [5, 5.41) is 17.9. The van der Waals surface area contributed by atoms with Gasteiger partial charge in [0.1, 0.15) is 11.3 Å². The van der Waals surface area contributed by atoms with Crippen molar-refractivity contribution in [3.63, 3.8) is 0 Å². The summed E-state index contributed by atoms with van der Waals surface area (Å²) in [7, 11) is 3.37. The van der Waals surface area contributed by atoms with Crippen LogP contribution in [0.4, 0.5) is 0 Å². The summed E-state index contributed by atoms with van der Waals surface area (Å²) in [6.07, 6.45) is 1.61. The van der Waals surface area contributed by atoms with Crippen molar-refractivity contribution in [2.24, 2.45) is 7.05 Å². The molecule has 0 aliphatic heterocycles. The van der Waals surface area contributed by atoms with Gasteiger partial charge in [0.2, 0.25) is 0 Å². The normalized spacial score (nSPS) is 15.7. The summed E-state index contributed by atoms with van der Waals surface area (Å²) in [5.74, 6) is 0.605. The highest BCUT2D eigenvalue weighted by Crippen LogP contribution is 2.28. The van der Waals surface area contributed by atoms with E-state index in [-0.39, 0.29) is 5.54 Å². The Morgan fingerprint density at radius 2 is 2.00 bits per heavy atom. The Kier molecular flexibility index (Phi) is 3.84. The van der Waals surface area contributed by atoms with Crippen LogP contribution < -0.4 is 10.1 Å². The molecule has 0 radical (unpaired) electrons. The zero-order valence-electron chi connectivity index (χ0n) is 11.5. The number of nitrogens with zero attached hydrogens (tertiary/aromatic N) is 2. The van der Waals surface area contributed by atoms with Crippen molar-refractivity contribution in [2.75, 3.05) is 13.7 Å². The molecular weight excluding hydrogens is 218 g/mol. The van der Waals surface area contributed by atoms with Crippen molar-refractivity contribution < 1.29 is 9.84 Å². The first kappa shape index (κ1) is 14.0. The third kappa shape index (κ3) is 3.44. The van der Waals surface area contributed by atoms with E-state index in [1.807, 2.05) is 0 Å². The first-order valence-electron chi connectivity index (χ1n) is 5.71. The highest BCUT2D eigenvalue weighted by atomic mass is 16.5. The number of hydrogen-bond donors (Lipinski definition) is 2. The molecule has 2 N–H and O–H groups in total. The minimum Gasteiger partial charge on any atom is -0.493 e. The second kappa shape index (κ2) is 4.66. The Bertz CT molecular complexity index is 378. The highest BCUT2D eigenvalue weighted by molar-refractivity contribution is 5.30. The molecule has 0 saturated heterocycles. The van der Waals surface area contributed by atoms with E-state index < -0.39 is 5.60 Å². The molecule has 0 aliphatic rings. The second-order valence-corrected chi connectivity index (χ2v) is 5.56. The summed E-state index contributed by atoms with van der Waals surface area (Å²) < 4.78 is 6.86. The molecule has 0 amide bonds. The standard InChI is InChI=1S/C12H23N3O2/c1-11(2,3)13-8-12(4,16)10-9(17-6)7-14-15(10)5/h7,13,16H,8H2,1-6H3. The Morgan fingerprint density at radius 3 is 2.47 bits per heavy atom. The molecule has 0 aliphatic carbocycles. The van der Waals surface area contributed by atoms with Crippen molar-refractivity contribution in [3.8, 4) is 5.75 Å². The number of rotatable bonds is 4. The van der Waals surface area contributed by atoms with Crippen LogP contribution in [0.5, 0.6) is 5.75 Å². The van der Waals surface area contributed by atoms with Crippen LogP contribution in [0.15, 0.2) is 6.20 Å². The highest BCUT2D eigenvalue weighted by Gasteiger charge is 2.31. The van der Waals surface area contributed by atoms with Gasteiger partial charge in [0.25, 0.3) is 0 Å². The van der Waals surface area contributed by atoms with Gasteiger partial charge in [-0.15, -0.1) is 0 Å². The monoisotopic (exact) mass is 241 g/mol. The van der Waals surface area contributed by atoms with E-state index in [9.17, 15) is 5.11 Å². The van der Waals surface area contributed by atoms with Gasteiger partial charge in [-0.3, -0.25) is 4.68 Å². The average molecular weight is 241 g/mol. The van der Waals surface area contributed by atoms with Gasteiger partial charge >= 0.3 is 0 Å². The van der Waals surface area contributed by atoms with E-state index in [0.29, 0.717) is 18.0 Å². The van der Waals surface area contributed by atoms with Crippen molar-refractivity contribution in [2.45, 2.75) is 38.8 Å². The molecule has 5 heteroatoms. The molecule has 1 unspecified atom stereocenters. The number of nitrogens with one attached hydrogen (secondary N) is 1. The quantitative estimate of drug-likeness (QED) is 0.826. The third-order valence-electron chi connectivity index (χ3n) is 2.60. The number of aryl methyl sites for hydroxylation is 1. The molecule has 5 nitrogen and oxygen atoms in total. The maximum atomic E-state index is 10.5. The van der Waals surface area contributed by atoms with Crippen LogP contribution in [-0.4, -0.2) is 34.1 Å². The van der Waals surface area contributed by atoms with Gasteiger partial charge in [-0.25, -0.2) is 0 Å². The van der Waals surface area contributed by atoms with Crippen molar-refractivity contribution in [1.29, 1.82) is 0 Å². The van der Waals surface area contributed by atoms with Crippen molar-refractivity contribution >= 4 is 0 Å². The van der Waals surface area contributed by atoms with Gasteiger partial charge in [-0.1, -0.05) is 0 Å². The van der Waals surface area contributed by atoms with Crippen molar-refractivity contribution in [3.05, 3.63) is 11.9 Å². The van der Waals surface area contributed by atoms with Gasteiger partial charge in [0.15, 0.2) is 5.75 Å². The van der Waals surface area contributed by atoms with E-state index in [0.717, 1.165) is 0 Å². The van der Waals surface area contributed by atoms with Gasteiger partial charge < -0.3 is 15.2 Å². The zero-order valence-corrected chi connectivity index (χ0v) is 11.5. The van der Waals surface area contributed by atoms with Crippen LogP contribution in [0.2, 0.25) is 0 Å². The van der Waals surface area contributed by atoms with Crippen LogP contribution in [0.1, 0.15) is 33.4 Å². The lowest BCUT2D eigenvalue weighted by Crippen LogP contribution is -2.45. The molecule has 1 atom stereocenters. The smallest absolute Gasteiger partial charge is 0.162 e. The summed E-state index contributed by atoms with van der Waals surface area (Å²) in [4.78, 5) is 0. The Morgan fingerprint density at radius 1 is 1.41 bits per heavy atom. The molecular formula is C12H23N3O2. The fourth-order valence-electron chi connectivity index (χ4n) is 1.70. The van der Waals surface area contributed by atoms with E-state index in [4.69, 9.17) is 4.74 Å². The lowest BCUT2D eigenvalue weighted by atomic mass is 9.99. The van der Waals surface area contributed by atoms with Crippen LogP contribution in [0, 0.1) is 0 Å². The number of hydrogen-bond acceptors (Lipinski definition) is 4. The number of aromatic nitrogens is 2. The fraction of sp³-hybridized carbons (Fsp3) is 0.750. The summed E-state index contributed by atoms with van der Waals surface area (Å²) in [6, 6.07) is 0. The molecule has 1 heterocycles. The van der Waals surface area contributed by atoms with Crippen LogP contribution in [0.3, 0.4) is 0 Å². The Labute approximate surface area is 103 Å². The molecule has 1 aromatic heterocycles. The van der Waals surface area contributed by atoms with E-state index in [1.165, 1.54) is 0 Å². The first-order chi connectivity index (χ1) is 7.67. The Hall–Kier alpha value is -1.07. The van der Waals surface area contributed by atoms with Crippen molar-refractivity contribution in [1.82, 2.24) is 15.1 Å². The lowest BCUT2D eigenvalue weighted by molar-refractivity contribution is 0.0396. The molecule has 0 saturated carbocycles. The third-order valence-corrected chi connectivity index (χ3v) is 2.60. The topological polar surface area (TPSA) is 59.3 Å². The molecule has 0 fully saturated rings. The van der Waals surface area contributed by atoms with E-state index >= 15 is 0 Å². The SMILES string of the molecule is COc1cnn(C)c1C(C)(O)CNC(C)(C)C. The van der Waals surface area contributed by atoms with E-state index in [2.05, 4.69) is 31.2 Å². The van der Waals surface area contributed by atoms with Gasteiger partial charge in [-0.2, -0.15) is 5.10 Å². The fourth-order valence-corrected chi connectivity index (χ4v) is 1.70. The maximum absolute atomic E-state index is 10.5. The first-order valence-corrected chi connectivity index (χ1v) is 5.71. The molecule has 98 valence electrons. The largest absolute Gasteiger partial charge is 0.493 e. The van der Waals surface area contributed by atoms with Gasteiger partial charge in [-0.05, 0) is 27.7 Å². The van der Waals surface area contributed by atoms with Gasteiger partial charge in [0, 0.05) is 19.1 Å². The molecule has 0 bridgehead atoms. The van der Waals surface area contributed by atoms with Crippen LogP contribution >= 0.6 is 0 Å². The number of ether oxygens (including phenoxy) is 1. The molecule has 17 heavy (non-hydrogen) atoms. The number of β-amino-alcohol motifs (C(OH)–C–C–N with tert-alkyl or cyclic N) is 1. The predicted octanol–water partition coefficient (Wildman–Crippen LogP) is 1.02. The molecule has 0 aromatic carbocycles. The lowest BCUT2D eigenvalue weighted by Gasteiger charge is -2.30. The van der Waals surface area contributed by atoms with E-state index in [1.54, 1.807) is 32.0 Å². The predicted molar refractivity (Wildman–Crippen MR) is 67.1 cm³/mol. The van der Waals surface area contributed by atoms with Gasteiger partial charge in [0.05, 0.1) is 13.3 Å². The zero-order chi connectivity index (χ0) is 13.3. The second-order valence-electron chi connectivity index (χ2n) is 5.56. The van der Waals surface area contributed by atoms with Crippen LogP contribution in [-0.2, 0) is 12.6 Å². The maximum Gasteiger partial charge on any atom is 0.162 e. The number of methoxy groups -OCH3 is 1. The summed E-state index contributed by atoms with van der Waals surface area (Å²) >= 11 is 0. The molecule has 0 spiro atoms. The average Bonchev–Trinajstić information content (AvgIpc) is 2.56. The molecule has 1 aromatic rings. The summed E-state index contributed by atoms with van der Waals surface area (Å²) in [5.41, 5.74) is -0.392. The van der Waals surface area contributed by atoms with Crippen LogP contribution in [0.25, 0.3) is 0 Å². The minimum absolute atomic E-state index is 0.0458. The summed E-state index contributed by atoms with van der Waals surface area (Å²) in [6.45, 7) is 8.37. The number of aliphatic hydroxyl groups is 1.